The Labute approximate surface area is 127 Å². The molecule has 0 aliphatic carbocycles. The molecule has 2 saturated heterocycles. The number of hydrogen-bond donors (Lipinski definition) is 0. The predicted octanol–water partition coefficient (Wildman–Crippen LogP) is 4.25. The Bertz CT molecular complexity index is 244. The van der Waals surface area contributed by atoms with Crippen molar-refractivity contribution in [2.45, 2.75) is 79.3 Å². The van der Waals surface area contributed by atoms with Crippen LogP contribution in [-0.2, 0) is 0 Å². The van der Waals surface area contributed by atoms with E-state index in [4.69, 9.17) is 0 Å². The predicted molar refractivity (Wildman–Crippen MR) is 90.2 cm³/mol. The summed E-state index contributed by atoms with van der Waals surface area (Å²) in [4.78, 5) is 5.40. The average molecular weight is 283 g/mol. The SMILES string of the molecule is CC.CC1CCN(CC2CCN(C(C)C)CC2)C(C)C1. The second-order valence-electron chi connectivity index (χ2n) is 7.05. The zero-order valence-corrected chi connectivity index (χ0v) is 14.9. The number of rotatable bonds is 3. The van der Waals surface area contributed by atoms with Gasteiger partial charge in [0.05, 0.1) is 0 Å². The van der Waals surface area contributed by atoms with Crippen LogP contribution in [0.5, 0.6) is 0 Å². The largest absolute Gasteiger partial charge is 0.301 e. The van der Waals surface area contributed by atoms with Gasteiger partial charge in [-0.15, -0.1) is 0 Å². The number of likely N-dealkylation sites (tertiary alicyclic amines) is 2. The Morgan fingerprint density at radius 1 is 0.950 bits per heavy atom. The van der Waals surface area contributed by atoms with Crippen LogP contribution in [0.4, 0.5) is 0 Å². The molecule has 2 heterocycles. The van der Waals surface area contributed by atoms with E-state index < -0.39 is 0 Å². The molecule has 0 aromatic carbocycles. The molecule has 0 N–H and O–H groups in total. The van der Waals surface area contributed by atoms with Crippen LogP contribution in [0.2, 0.25) is 0 Å². The van der Waals surface area contributed by atoms with Crippen LogP contribution in [0.3, 0.4) is 0 Å². The van der Waals surface area contributed by atoms with Crippen LogP contribution in [-0.4, -0.2) is 48.1 Å². The second kappa shape index (κ2) is 9.04. The van der Waals surface area contributed by atoms with Crippen LogP contribution >= 0.6 is 0 Å². The first-order chi connectivity index (χ1) is 9.56. The molecule has 2 fully saturated rings. The summed E-state index contributed by atoms with van der Waals surface area (Å²) in [6.07, 6.45) is 5.65. The fraction of sp³-hybridized carbons (Fsp3) is 1.00. The highest BCUT2D eigenvalue weighted by Gasteiger charge is 2.27. The monoisotopic (exact) mass is 282 g/mol. The smallest absolute Gasteiger partial charge is 0.00695 e. The topological polar surface area (TPSA) is 6.48 Å². The van der Waals surface area contributed by atoms with Gasteiger partial charge in [-0.1, -0.05) is 20.8 Å². The molecule has 2 heteroatoms. The van der Waals surface area contributed by atoms with Gasteiger partial charge >= 0.3 is 0 Å². The number of nitrogens with zero attached hydrogens (tertiary/aromatic N) is 2. The molecule has 0 radical (unpaired) electrons. The molecule has 2 nitrogen and oxygen atoms in total. The van der Waals surface area contributed by atoms with E-state index in [0.717, 1.165) is 23.9 Å². The summed E-state index contributed by atoms with van der Waals surface area (Å²) >= 11 is 0. The van der Waals surface area contributed by atoms with Gasteiger partial charge in [-0.05, 0) is 77.9 Å². The highest BCUT2D eigenvalue weighted by molar-refractivity contribution is 4.82. The van der Waals surface area contributed by atoms with Crippen molar-refractivity contribution in [2.24, 2.45) is 11.8 Å². The van der Waals surface area contributed by atoms with E-state index in [1.165, 1.54) is 51.9 Å². The van der Waals surface area contributed by atoms with Crippen molar-refractivity contribution in [2.75, 3.05) is 26.2 Å². The normalized spacial score (nSPS) is 30.1. The Kier molecular flexibility index (Phi) is 8.13. The van der Waals surface area contributed by atoms with Gasteiger partial charge in [0.1, 0.15) is 0 Å². The summed E-state index contributed by atoms with van der Waals surface area (Å²) < 4.78 is 0. The molecule has 2 aliphatic heterocycles. The highest BCUT2D eigenvalue weighted by atomic mass is 15.2. The molecule has 0 bridgehead atoms. The van der Waals surface area contributed by atoms with E-state index in [9.17, 15) is 0 Å². The second-order valence-corrected chi connectivity index (χ2v) is 7.05. The van der Waals surface area contributed by atoms with E-state index >= 15 is 0 Å². The van der Waals surface area contributed by atoms with Gasteiger partial charge in [0.2, 0.25) is 0 Å². The minimum absolute atomic E-state index is 0.737. The lowest BCUT2D eigenvalue weighted by Gasteiger charge is -2.41. The van der Waals surface area contributed by atoms with E-state index in [-0.39, 0.29) is 0 Å². The van der Waals surface area contributed by atoms with Crippen molar-refractivity contribution in [1.82, 2.24) is 9.80 Å². The lowest BCUT2D eigenvalue weighted by Crippen LogP contribution is -2.46. The fourth-order valence-corrected chi connectivity index (χ4v) is 3.71. The maximum Gasteiger partial charge on any atom is 0.00695 e. The third-order valence-electron chi connectivity index (χ3n) is 5.15. The molecule has 120 valence electrons. The molecular formula is C18H38N2. The number of hydrogen-bond acceptors (Lipinski definition) is 2. The van der Waals surface area contributed by atoms with Crippen LogP contribution in [0.15, 0.2) is 0 Å². The molecule has 2 rings (SSSR count). The molecule has 0 amide bonds. The quantitative estimate of drug-likeness (QED) is 0.763. The van der Waals surface area contributed by atoms with Crippen molar-refractivity contribution in [3.63, 3.8) is 0 Å². The van der Waals surface area contributed by atoms with Gasteiger partial charge in [-0.2, -0.15) is 0 Å². The van der Waals surface area contributed by atoms with Gasteiger partial charge in [0, 0.05) is 18.6 Å². The van der Waals surface area contributed by atoms with Gasteiger partial charge in [-0.3, -0.25) is 0 Å². The zero-order chi connectivity index (χ0) is 15.1. The lowest BCUT2D eigenvalue weighted by molar-refractivity contribution is 0.0774. The first kappa shape index (κ1) is 18.0. The highest BCUT2D eigenvalue weighted by Crippen LogP contribution is 2.26. The summed E-state index contributed by atoms with van der Waals surface area (Å²) in [5.41, 5.74) is 0. The van der Waals surface area contributed by atoms with Crippen molar-refractivity contribution in [1.29, 1.82) is 0 Å². The molecule has 2 aliphatic rings. The van der Waals surface area contributed by atoms with Gasteiger partial charge < -0.3 is 9.80 Å². The molecule has 0 saturated carbocycles. The molecule has 2 atom stereocenters. The van der Waals surface area contributed by atoms with E-state index in [0.29, 0.717) is 0 Å². The standard InChI is InChI=1S/C16H32N2.C2H6/c1-13(2)17-9-6-16(7-10-17)12-18-8-5-14(3)11-15(18)4;1-2/h13-16H,5-12H2,1-4H3;1-2H3. The maximum atomic E-state index is 2.76. The molecule has 2 unspecified atom stereocenters. The van der Waals surface area contributed by atoms with Crippen molar-refractivity contribution in [3.8, 4) is 0 Å². The van der Waals surface area contributed by atoms with Crippen LogP contribution in [0.25, 0.3) is 0 Å². The molecule has 0 aromatic heterocycles. The van der Waals surface area contributed by atoms with Crippen LogP contribution < -0.4 is 0 Å². The first-order valence-electron chi connectivity index (χ1n) is 9.04. The van der Waals surface area contributed by atoms with Gasteiger partial charge in [0.15, 0.2) is 0 Å². The first-order valence-corrected chi connectivity index (χ1v) is 9.04. The third-order valence-corrected chi connectivity index (χ3v) is 5.15. The Morgan fingerprint density at radius 2 is 1.55 bits per heavy atom. The molecule has 0 aromatic rings. The average Bonchev–Trinajstić information content (AvgIpc) is 2.45. The summed E-state index contributed by atoms with van der Waals surface area (Å²) in [5, 5.41) is 0. The minimum Gasteiger partial charge on any atom is -0.301 e. The summed E-state index contributed by atoms with van der Waals surface area (Å²) in [6.45, 7) is 18.8. The van der Waals surface area contributed by atoms with E-state index in [2.05, 4.69) is 37.5 Å². The third kappa shape index (κ3) is 5.37. The summed E-state index contributed by atoms with van der Waals surface area (Å²) in [7, 11) is 0. The van der Waals surface area contributed by atoms with Crippen LogP contribution in [0, 0.1) is 11.8 Å². The Morgan fingerprint density at radius 3 is 2.05 bits per heavy atom. The Balaban J connectivity index is 0.000000956. The summed E-state index contributed by atoms with van der Waals surface area (Å²) in [5.74, 6) is 1.90. The van der Waals surface area contributed by atoms with Gasteiger partial charge in [0.25, 0.3) is 0 Å². The van der Waals surface area contributed by atoms with Crippen LogP contribution in [0.1, 0.15) is 67.2 Å². The van der Waals surface area contributed by atoms with Crippen molar-refractivity contribution in [3.05, 3.63) is 0 Å². The minimum atomic E-state index is 0.737. The number of piperidine rings is 2. The lowest BCUT2D eigenvalue weighted by atomic mass is 9.90. The van der Waals surface area contributed by atoms with E-state index in [1.807, 2.05) is 13.8 Å². The van der Waals surface area contributed by atoms with Gasteiger partial charge in [-0.25, -0.2) is 0 Å². The zero-order valence-electron chi connectivity index (χ0n) is 14.9. The Hall–Kier alpha value is -0.0800. The summed E-state index contributed by atoms with van der Waals surface area (Å²) in [6, 6.07) is 1.55. The van der Waals surface area contributed by atoms with Crippen molar-refractivity contribution >= 4 is 0 Å². The van der Waals surface area contributed by atoms with Crippen molar-refractivity contribution < 1.29 is 0 Å². The maximum absolute atomic E-state index is 2.76. The molecular weight excluding hydrogens is 244 g/mol. The van der Waals surface area contributed by atoms with E-state index in [1.54, 1.807) is 0 Å². The molecule has 0 spiro atoms. The fourth-order valence-electron chi connectivity index (χ4n) is 3.71. The molecule has 20 heavy (non-hydrogen) atoms.